The second kappa shape index (κ2) is 6.10. The normalized spacial score (nSPS) is 22.4. The highest BCUT2D eigenvalue weighted by Gasteiger charge is 2.39. The Morgan fingerprint density at radius 1 is 1.25 bits per heavy atom. The zero-order valence-corrected chi connectivity index (χ0v) is 13.3. The lowest BCUT2D eigenvalue weighted by Crippen LogP contribution is -2.57. The van der Waals surface area contributed by atoms with E-state index in [0.717, 1.165) is 12.6 Å². The van der Waals surface area contributed by atoms with Crippen LogP contribution in [0.4, 0.5) is 13.2 Å². The van der Waals surface area contributed by atoms with Gasteiger partial charge >= 0.3 is 6.18 Å². The number of rotatable bonds is 2. The van der Waals surface area contributed by atoms with Crippen LogP contribution in [0.25, 0.3) is 0 Å². The van der Waals surface area contributed by atoms with Crippen molar-refractivity contribution in [3.8, 4) is 0 Å². The molecule has 2 amide bonds. The van der Waals surface area contributed by atoms with Gasteiger partial charge in [-0.2, -0.15) is 13.2 Å². The Hall–Kier alpha value is -2.06. The second-order valence-electron chi connectivity index (χ2n) is 6.42. The van der Waals surface area contributed by atoms with Crippen LogP contribution in [0.3, 0.4) is 0 Å². The van der Waals surface area contributed by atoms with Crippen LogP contribution in [0, 0.1) is 5.92 Å². The van der Waals surface area contributed by atoms with E-state index in [0.29, 0.717) is 32.6 Å². The molecule has 132 valence electrons. The number of imidazole rings is 1. The summed E-state index contributed by atoms with van der Waals surface area (Å²) in [6.45, 7) is 3.27. The minimum absolute atomic E-state index is 0.0280. The Bertz CT molecular complexity index is 637. The lowest BCUT2D eigenvalue weighted by Gasteiger charge is -2.42. The van der Waals surface area contributed by atoms with Gasteiger partial charge in [0.1, 0.15) is 11.5 Å². The summed E-state index contributed by atoms with van der Waals surface area (Å²) < 4.78 is 38.0. The minimum atomic E-state index is -4.45. The van der Waals surface area contributed by atoms with Crippen molar-refractivity contribution < 1.29 is 22.8 Å². The molecule has 3 rings (SSSR count). The van der Waals surface area contributed by atoms with Crippen LogP contribution >= 0.6 is 0 Å². The largest absolute Gasteiger partial charge is 0.432 e. The molecular formula is C15H19F3N4O2. The van der Waals surface area contributed by atoms with Crippen molar-refractivity contribution in [2.24, 2.45) is 5.92 Å². The number of aromatic nitrogens is 2. The number of amides is 2. The van der Waals surface area contributed by atoms with Crippen LogP contribution in [0.2, 0.25) is 0 Å². The zero-order valence-electron chi connectivity index (χ0n) is 13.3. The third-order valence-electron chi connectivity index (χ3n) is 4.70. The smallest absolute Gasteiger partial charge is 0.342 e. The standard InChI is InChI=1S/C15H19F3N4O2/c1-9(23)22-7-11(8-22)14(24)21-4-2-3-10(6-21)13-19-5-12(20-13)15(16,17)18/h5,10-11H,2-4,6-8H2,1H3,(H,19,20)/t10-/m1/s1. The molecule has 1 atom stereocenters. The highest BCUT2D eigenvalue weighted by Crippen LogP contribution is 2.31. The fourth-order valence-electron chi connectivity index (χ4n) is 3.24. The van der Waals surface area contributed by atoms with Crippen molar-refractivity contribution in [2.75, 3.05) is 26.2 Å². The van der Waals surface area contributed by atoms with Crippen LogP contribution in [0.1, 0.15) is 37.2 Å². The molecule has 2 saturated heterocycles. The van der Waals surface area contributed by atoms with Gasteiger partial charge < -0.3 is 14.8 Å². The van der Waals surface area contributed by atoms with Gasteiger partial charge in [0.15, 0.2) is 0 Å². The summed E-state index contributed by atoms with van der Waals surface area (Å²) >= 11 is 0. The van der Waals surface area contributed by atoms with E-state index in [9.17, 15) is 22.8 Å². The molecule has 1 N–H and O–H groups in total. The molecule has 6 nitrogen and oxygen atoms in total. The number of halogens is 3. The van der Waals surface area contributed by atoms with Crippen LogP contribution in [0.5, 0.6) is 0 Å². The Morgan fingerprint density at radius 3 is 2.54 bits per heavy atom. The van der Waals surface area contributed by atoms with E-state index in [2.05, 4.69) is 9.97 Å². The number of hydrogen-bond acceptors (Lipinski definition) is 3. The van der Waals surface area contributed by atoms with Crippen LogP contribution in [-0.4, -0.2) is 57.8 Å². The zero-order chi connectivity index (χ0) is 17.5. The average Bonchev–Trinajstić information content (AvgIpc) is 2.95. The van der Waals surface area contributed by atoms with E-state index in [1.807, 2.05) is 0 Å². The molecule has 3 heterocycles. The Labute approximate surface area is 137 Å². The number of carbonyl (C=O) groups excluding carboxylic acids is 2. The topological polar surface area (TPSA) is 69.3 Å². The fourth-order valence-corrected chi connectivity index (χ4v) is 3.24. The molecule has 2 aliphatic heterocycles. The first-order valence-electron chi connectivity index (χ1n) is 7.92. The Morgan fingerprint density at radius 2 is 1.96 bits per heavy atom. The highest BCUT2D eigenvalue weighted by atomic mass is 19.4. The molecule has 1 aromatic rings. The van der Waals surface area contributed by atoms with Crippen molar-refractivity contribution in [3.05, 3.63) is 17.7 Å². The van der Waals surface area contributed by atoms with E-state index in [-0.39, 0.29) is 29.5 Å². The molecule has 0 bridgehead atoms. The second-order valence-corrected chi connectivity index (χ2v) is 6.42. The first-order chi connectivity index (χ1) is 11.3. The number of H-pyrrole nitrogens is 1. The molecule has 2 aliphatic rings. The van der Waals surface area contributed by atoms with Crippen LogP contribution < -0.4 is 0 Å². The molecule has 0 aliphatic carbocycles. The van der Waals surface area contributed by atoms with Crippen molar-refractivity contribution in [1.29, 1.82) is 0 Å². The van der Waals surface area contributed by atoms with E-state index in [4.69, 9.17) is 0 Å². The molecule has 9 heteroatoms. The summed E-state index contributed by atoms with van der Waals surface area (Å²) in [6.07, 6.45) is -2.23. The molecule has 0 spiro atoms. The fraction of sp³-hybridized carbons (Fsp3) is 0.667. The Balaban J connectivity index is 1.61. The van der Waals surface area contributed by atoms with Crippen molar-refractivity contribution in [3.63, 3.8) is 0 Å². The first-order valence-corrected chi connectivity index (χ1v) is 7.92. The quantitative estimate of drug-likeness (QED) is 0.886. The molecule has 0 aromatic carbocycles. The number of hydrogen-bond donors (Lipinski definition) is 1. The molecule has 0 radical (unpaired) electrons. The van der Waals surface area contributed by atoms with Gasteiger partial charge in [0.05, 0.1) is 12.1 Å². The number of carbonyl (C=O) groups is 2. The van der Waals surface area contributed by atoms with Gasteiger partial charge in [-0.3, -0.25) is 9.59 Å². The average molecular weight is 344 g/mol. The molecule has 2 fully saturated rings. The summed E-state index contributed by atoms with van der Waals surface area (Å²) in [7, 11) is 0. The maximum Gasteiger partial charge on any atom is 0.432 e. The molecule has 24 heavy (non-hydrogen) atoms. The number of piperidine rings is 1. The number of nitrogens with one attached hydrogen (secondary N) is 1. The van der Waals surface area contributed by atoms with E-state index in [1.54, 1.807) is 9.80 Å². The molecule has 1 aromatic heterocycles. The monoisotopic (exact) mass is 344 g/mol. The molecular weight excluding hydrogens is 325 g/mol. The van der Waals surface area contributed by atoms with Gasteiger partial charge in [-0.05, 0) is 12.8 Å². The summed E-state index contributed by atoms with van der Waals surface area (Å²) in [5.41, 5.74) is -0.864. The summed E-state index contributed by atoms with van der Waals surface area (Å²) in [5.74, 6) is -0.220. The predicted molar refractivity (Wildman–Crippen MR) is 77.9 cm³/mol. The number of likely N-dealkylation sites (tertiary alicyclic amines) is 2. The number of alkyl halides is 3. The van der Waals surface area contributed by atoms with Crippen molar-refractivity contribution in [2.45, 2.75) is 31.9 Å². The Kier molecular flexibility index (Phi) is 4.27. The molecule has 0 unspecified atom stereocenters. The molecule has 0 saturated carbocycles. The van der Waals surface area contributed by atoms with Gasteiger partial charge in [-0.15, -0.1) is 0 Å². The maximum atomic E-state index is 12.7. The summed E-state index contributed by atoms with van der Waals surface area (Å²) in [6, 6.07) is 0. The minimum Gasteiger partial charge on any atom is -0.342 e. The van der Waals surface area contributed by atoms with Gasteiger partial charge in [0.25, 0.3) is 0 Å². The lowest BCUT2D eigenvalue weighted by atomic mass is 9.93. The van der Waals surface area contributed by atoms with Gasteiger partial charge in [-0.25, -0.2) is 4.98 Å². The van der Waals surface area contributed by atoms with E-state index in [1.165, 1.54) is 6.92 Å². The van der Waals surface area contributed by atoms with Crippen LogP contribution in [0.15, 0.2) is 6.20 Å². The number of nitrogens with zero attached hydrogens (tertiary/aromatic N) is 3. The van der Waals surface area contributed by atoms with Gasteiger partial charge in [0.2, 0.25) is 11.8 Å². The van der Waals surface area contributed by atoms with Crippen molar-refractivity contribution in [1.82, 2.24) is 19.8 Å². The van der Waals surface area contributed by atoms with Gasteiger partial charge in [0, 0.05) is 39.0 Å². The third kappa shape index (κ3) is 3.25. The lowest BCUT2D eigenvalue weighted by molar-refractivity contribution is -0.148. The van der Waals surface area contributed by atoms with Crippen molar-refractivity contribution >= 4 is 11.8 Å². The number of aromatic amines is 1. The summed E-state index contributed by atoms with van der Waals surface area (Å²) in [5, 5.41) is 0. The SMILES string of the molecule is CC(=O)N1CC(C(=O)N2CCC[C@@H](c3ncc(C(F)(F)F)[nH]3)C2)C1. The first kappa shape index (κ1) is 16.8. The van der Waals surface area contributed by atoms with E-state index >= 15 is 0 Å². The van der Waals surface area contributed by atoms with E-state index < -0.39 is 11.9 Å². The van der Waals surface area contributed by atoms with Gasteiger partial charge in [-0.1, -0.05) is 0 Å². The highest BCUT2D eigenvalue weighted by molar-refractivity contribution is 5.83. The maximum absolute atomic E-state index is 12.7. The van der Waals surface area contributed by atoms with Crippen LogP contribution in [-0.2, 0) is 15.8 Å². The summed E-state index contributed by atoms with van der Waals surface area (Å²) in [4.78, 5) is 33.1. The third-order valence-corrected chi connectivity index (χ3v) is 4.70. The predicted octanol–water partition coefficient (Wildman–Crippen LogP) is 1.61.